The summed E-state index contributed by atoms with van der Waals surface area (Å²) < 4.78 is 0.561. The number of H-pyrrole nitrogens is 1. The van der Waals surface area contributed by atoms with Crippen LogP contribution in [0.3, 0.4) is 0 Å². The number of aromatic nitrogens is 2. The molecular formula is C22H18ClN3O2. The summed E-state index contributed by atoms with van der Waals surface area (Å²) in [6.07, 6.45) is 3.25. The second-order valence-corrected chi connectivity index (χ2v) is 6.89. The highest BCUT2D eigenvalue weighted by atomic mass is 35.5. The lowest BCUT2D eigenvalue weighted by atomic mass is 9.90. The Bertz CT molecular complexity index is 1140. The molecule has 0 fully saturated rings. The summed E-state index contributed by atoms with van der Waals surface area (Å²) in [5, 5.41) is 16.4. The summed E-state index contributed by atoms with van der Waals surface area (Å²) in [5.74, 6) is -0.592. The topological polar surface area (TPSA) is 71.8 Å². The Balaban J connectivity index is 1.69. The number of rotatable bonds is 5. The molecule has 140 valence electrons. The highest BCUT2D eigenvalue weighted by Gasteiger charge is 2.23. The van der Waals surface area contributed by atoms with Crippen LogP contribution in [0.1, 0.15) is 27.5 Å². The summed E-state index contributed by atoms with van der Waals surface area (Å²) in [4.78, 5) is 15.8. The van der Waals surface area contributed by atoms with Crippen molar-refractivity contribution in [2.75, 3.05) is 6.54 Å². The van der Waals surface area contributed by atoms with Crippen molar-refractivity contribution < 1.29 is 9.52 Å². The Morgan fingerprint density at radius 1 is 1.04 bits per heavy atom. The molecule has 4 rings (SSSR count). The van der Waals surface area contributed by atoms with Crippen LogP contribution in [-0.4, -0.2) is 17.4 Å². The molecule has 1 amide bonds. The van der Waals surface area contributed by atoms with E-state index in [1.165, 1.54) is 12.3 Å². The number of halogens is 1. The number of hydrogen-bond donors (Lipinski definition) is 2. The molecular weight excluding hydrogens is 374 g/mol. The summed E-state index contributed by atoms with van der Waals surface area (Å²) in [5.41, 5.74) is 3.02. The van der Waals surface area contributed by atoms with Crippen LogP contribution in [0.4, 0.5) is 0 Å². The van der Waals surface area contributed by atoms with Gasteiger partial charge in [0.2, 0.25) is 0 Å². The highest BCUT2D eigenvalue weighted by Crippen LogP contribution is 2.34. The van der Waals surface area contributed by atoms with Gasteiger partial charge < -0.3 is 15.5 Å². The van der Waals surface area contributed by atoms with Crippen LogP contribution in [0.25, 0.3) is 10.9 Å². The molecule has 2 aromatic carbocycles. The maximum absolute atomic E-state index is 12.5. The summed E-state index contributed by atoms with van der Waals surface area (Å²) in [6, 6.07) is 20.3. The van der Waals surface area contributed by atoms with E-state index in [4.69, 9.17) is 11.6 Å². The van der Waals surface area contributed by atoms with Gasteiger partial charge in [-0.25, -0.2) is 0 Å². The minimum Gasteiger partial charge on any atom is -0.618 e. The second kappa shape index (κ2) is 7.74. The van der Waals surface area contributed by atoms with Gasteiger partial charge in [0.25, 0.3) is 5.69 Å². The normalized spacial score (nSPS) is 12.0. The van der Waals surface area contributed by atoms with Crippen molar-refractivity contribution >= 4 is 28.4 Å². The first-order valence-electron chi connectivity index (χ1n) is 8.92. The Hall–Kier alpha value is -3.31. The molecule has 0 saturated heterocycles. The average Bonchev–Trinajstić information content (AvgIpc) is 3.14. The van der Waals surface area contributed by atoms with Crippen LogP contribution in [0.2, 0.25) is 5.02 Å². The van der Waals surface area contributed by atoms with Crippen molar-refractivity contribution in [3.63, 3.8) is 0 Å². The Morgan fingerprint density at radius 3 is 2.61 bits per heavy atom. The number of aromatic amines is 1. The molecule has 2 N–H and O–H groups in total. The van der Waals surface area contributed by atoms with Crippen LogP contribution >= 0.6 is 11.6 Å². The molecule has 0 unspecified atom stereocenters. The second-order valence-electron chi connectivity index (χ2n) is 6.49. The standard InChI is InChI=1S/C22H18ClN3O2/c23-19-9-3-1-7-15(19)17(18-13-24-20-10-4-2-8-16(18)20)14-25-22(27)21-11-5-6-12-26(21)28/h1-13,17,24H,14H2,(H,25,27)/t17-/m1/s1. The van der Waals surface area contributed by atoms with E-state index in [1.54, 1.807) is 12.1 Å². The SMILES string of the molecule is O=C(NC[C@H](c1ccccc1Cl)c1c[nH]c2ccccc12)c1cccc[n+]1[O-]. The highest BCUT2D eigenvalue weighted by molar-refractivity contribution is 6.31. The van der Waals surface area contributed by atoms with Crippen molar-refractivity contribution in [1.82, 2.24) is 10.3 Å². The Labute approximate surface area is 167 Å². The van der Waals surface area contributed by atoms with Crippen LogP contribution in [0.5, 0.6) is 0 Å². The van der Waals surface area contributed by atoms with Gasteiger partial charge in [-0.05, 0) is 29.3 Å². The zero-order chi connectivity index (χ0) is 19.5. The Morgan fingerprint density at radius 2 is 1.79 bits per heavy atom. The molecule has 0 radical (unpaired) electrons. The average molecular weight is 392 g/mol. The quantitative estimate of drug-likeness (QED) is 0.398. The van der Waals surface area contributed by atoms with Crippen LogP contribution < -0.4 is 10.0 Å². The van der Waals surface area contributed by atoms with E-state index in [2.05, 4.69) is 10.3 Å². The molecule has 2 heterocycles. The smallest absolute Gasteiger partial charge is 0.317 e. The molecule has 2 aromatic heterocycles. The van der Waals surface area contributed by atoms with Gasteiger partial charge in [0, 0.05) is 46.7 Å². The molecule has 0 aliphatic heterocycles. The van der Waals surface area contributed by atoms with Gasteiger partial charge in [0.15, 0.2) is 6.20 Å². The van der Waals surface area contributed by atoms with Gasteiger partial charge in [-0.2, -0.15) is 4.73 Å². The molecule has 0 spiro atoms. The number of pyridine rings is 1. The fourth-order valence-electron chi connectivity index (χ4n) is 3.42. The number of fused-ring (bicyclic) bond motifs is 1. The number of nitrogens with zero attached hydrogens (tertiary/aromatic N) is 1. The molecule has 0 saturated carbocycles. The molecule has 1 atom stereocenters. The van der Waals surface area contributed by atoms with Crippen LogP contribution in [-0.2, 0) is 0 Å². The maximum atomic E-state index is 12.5. The molecule has 0 bridgehead atoms. The Kier molecular flexibility index (Phi) is 5.00. The van der Waals surface area contributed by atoms with Gasteiger partial charge >= 0.3 is 5.91 Å². The molecule has 5 nitrogen and oxygen atoms in total. The lowest BCUT2D eigenvalue weighted by molar-refractivity contribution is -0.607. The number of benzene rings is 2. The lowest BCUT2D eigenvalue weighted by Crippen LogP contribution is -2.40. The van der Waals surface area contributed by atoms with Crippen molar-refractivity contribution in [1.29, 1.82) is 0 Å². The zero-order valence-electron chi connectivity index (χ0n) is 14.9. The minimum absolute atomic E-state index is 0.0549. The number of amides is 1. The monoisotopic (exact) mass is 391 g/mol. The van der Waals surface area contributed by atoms with Gasteiger partial charge in [-0.3, -0.25) is 4.79 Å². The lowest BCUT2D eigenvalue weighted by Gasteiger charge is -2.19. The van der Waals surface area contributed by atoms with Crippen molar-refractivity contribution in [3.8, 4) is 0 Å². The van der Waals surface area contributed by atoms with E-state index in [-0.39, 0.29) is 11.6 Å². The first kappa shape index (κ1) is 18.1. The summed E-state index contributed by atoms with van der Waals surface area (Å²) in [6.45, 7) is 0.305. The number of carbonyl (C=O) groups excluding carboxylic acids is 1. The third-order valence-electron chi connectivity index (χ3n) is 4.80. The largest absolute Gasteiger partial charge is 0.618 e. The van der Waals surface area contributed by atoms with E-state index < -0.39 is 5.91 Å². The van der Waals surface area contributed by atoms with Crippen LogP contribution in [0, 0.1) is 5.21 Å². The number of para-hydroxylation sites is 1. The third kappa shape index (κ3) is 3.44. The zero-order valence-corrected chi connectivity index (χ0v) is 15.7. The van der Waals surface area contributed by atoms with Gasteiger partial charge in [-0.1, -0.05) is 48.0 Å². The predicted octanol–water partition coefficient (Wildman–Crippen LogP) is 4.02. The minimum atomic E-state index is -0.424. The van der Waals surface area contributed by atoms with Crippen molar-refractivity contribution in [3.05, 3.63) is 106 Å². The van der Waals surface area contributed by atoms with E-state index in [1.807, 2.05) is 54.7 Å². The molecule has 0 aliphatic rings. The predicted molar refractivity (Wildman–Crippen MR) is 109 cm³/mol. The molecule has 28 heavy (non-hydrogen) atoms. The number of hydrogen-bond acceptors (Lipinski definition) is 2. The first-order valence-corrected chi connectivity index (χ1v) is 9.30. The first-order chi connectivity index (χ1) is 13.6. The van der Waals surface area contributed by atoms with Crippen molar-refractivity contribution in [2.24, 2.45) is 0 Å². The molecule has 4 aromatic rings. The van der Waals surface area contributed by atoms with Crippen molar-refractivity contribution in [2.45, 2.75) is 5.92 Å². The van der Waals surface area contributed by atoms with E-state index in [0.29, 0.717) is 16.3 Å². The van der Waals surface area contributed by atoms with Crippen LogP contribution in [0.15, 0.2) is 79.1 Å². The molecule has 0 aliphatic carbocycles. The third-order valence-corrected chi connectivity index (χ3v) is 5.14. The fourth-order valence-corrected chi connectivity index (χ4v) is 3.68. The van der Waals surface area contributed by atoms with E-state index >= 15 is 0 Å². The van der Waals surface area contributed by atoms with Gasteiger partial charge in [-0.15, -0.1) is 0 Å². The number of nitrogens with one attached hydrogen (secondary N) is 2. The fraction of sp³-hybridized carbons (Fsp3) is 0.0909. The summed E-state index contributed by atoms with van der Waals surface area (Å²) in [7, 11) is 0. The van der Waals surface area contributed by atoms with Gasteiger partial charge in [0.05, 0.1) is 0 Å². The van der Waals surface area contributed by atoms with Gasteiger partial charge in [0.1, 0.15) is 0 Å². The number of carbonyl (C=O) groups is 1. The molecule has 6 heteroatoms. The van der Waals surface area contributed by atoms with E-state index in [0.717, 1.165) is 22.0 Å². The maximum Gasteiger partial charge on any atom is 0.317 e. The van der Waals surface area contributed by atoms with E-state index in [9.17, 15) is 10.0 Å². The summed E-state index contributed by atoms with van der Waals surface area (Å²) >= 11 is 6.47.